The standard InChI is InChI=1S/C21H18N2O2S/c1-15-6-8-17(9-7-15)20-22-23-21(25-20)26-13-12-24-19-11-10-16-4-2-3-5-18(16)14-19/h2-11,14H,12-13H2,1H3. The van der Waals surface area contributed by atoms with Crippen molar-refractivity contribution in [2.24, 2.45) is 0 Å². The monoisotopic (exact) mass is 362 g/mol. The molecule has 4 aromatic rings. The van der Waals surface area contributed by atoms with Gasteiger partial charge in [-0.3, -0.25) is 0 Å². The summed E-state index contributed by atoms with van der Waals surface area (Å²) in [6.45, 7) is 2.62. The van der Waals surface area contributed by atoms with E-state index >= 15 is 0 Å². The zero-order chi connectivity index (χ0) is 17.8. The smallest absolute Gasteiger partial charge is 0.276 e. The van der Waals surface area contributed by atoms with Gasteiger partial charge in [-0.05, 0) is 42.0 Å². The largest absolute Gasteiger partial charge is 0.493 e. The van der Waals surface area contributed by atoms with Crippen molar-refractivity contribution < 1.29 is 9.15 Å². The number of thioether (sulfide) groups is 1. The van der Waals surface area contributed by atoms with E-state index in [9.17, 15) is 0 Å². The van der Waals surface area contributed by atoms with Crippen molar-refractivity contribution in [3.05, 3.63) is 72.3 Å². The van der Waals surface area contributed by atoms with E-state index in [4.69, 9.17) is 9.15 Å². The lowest BCUT2D eigenvalue weighted by Gasteiger charge is -2.06. The molecule has 0 bridgehead atoms. The second kappa shape index (κ2) is 7.62. The summed E-state index contributed by atoms with van der Waals surface area (Å²) in [5.41, 5.74) is 2.14. The van der Waals surface area contributed by atoms with E-state index in [1.807, 2.05) is 42.5 Å². The lowest BCUT2D eigenvalue weighted by Crippen LogP contribution is -1.99. The molecule has 0 atom stereocenters. The third-order valence-electron chi connectivity index (χ3n) is 4.00. The van der Waals surface area contributed by atoms with E-state index in [2.05, 4.69) is 41.4 Å². The molecule has 0 saturated carbocycles. The fourth-order valence-corrected chi connectivity index (χ4v) is 3.20. The molecule has 0 unspecified atom stereocenters. The van der Waals surface area contributed by atoms with Crippen molar-refractivity contribution >= 4 is 22.5 Å². The average Bonchev–Trinajstić information content (AvgIpc) is 3.15. The molecule has 0 N–H and O–H groups in total. The molecule has 0 radical (unpaired) electrons. The predicted molar refractivity (Wildman–Crippen MR) is 105 cm³/mol. The molecule has 26 heavy (non-hydrogen) atoms. The highest BCUT2D eigenvalue weighted by atomic mass is 32.2. The number of hydrogen-bond donors (Lipinski definition) is 0. The molecule has 5 heteroatoms. The second-order valence-corrected chi connectivity index (χ2v) is 6.99. The van der Waals surface area contributed by atoms with Gasteiger partial charge in [0.25, 0.3) is 5.22 Å². The molecule has 130 valence electrons. The maximum atomic E-state index is 5.83. The maximum Gasteiger partial charge on any atom is 0.276 e. The van der Waals surface area contributed by atoms with Gasteiger partial charge in [-0.1, -0.05) is 59.8 Å². The van der Waals surface area contributed by atoms with Crippen LogP contribution < -0.4 is 4.74 Å². The Bertz CT molecular complexity index is 1010. The minimum atomic E-state index is 0.544. The Morgan fingerprint density at radius 3 is 2.58 bits per heavy atom. The molecule has 0 aliphatic carbocycles. The minimum absolute atomic E-state index is 0.544. The minimum Gasteiger partial charge on any atom is -0.493 e. The summed E-state index contributed by atoms with van der Waals surface area (Å²) in [6, 6.07) is 22.4. The molecule has 3 aromatic carbocycles. The summed E-state index contributed by atoms with van der Waals surface area (Å²) in [4.78, 5) is 0. The molecule has 4 rings (SSSR count). The topological polar surface area (TPSA) is 48.2 Å². The van der Waals surface area contributed by atoms with Gasteiger partial charge in [-0.2, -0.15) is 0 Å². The highest BCUT2D eigenvalue weighted by molar-refractivity contribution is 7.99. The van der Waals surface area contributed by atoms with E-state index in [1.54, 1.807) is 0 Å². The lowest BCUT2D eigenvalue weighted by molar-refractivity contribution is 0.343. The third kappa shape index (κ3) is 3.89. The number of nitrogens with zero attached hydrogens (tertiary/aromatic N) is 2. The number of benzene rings is 3. The number of ether oxygens (including phenoxy) is 1. The zero-order valence-electron chi connectivity index (χ0n) is 14.4. The molecular formula is C21H18N2O2S. The third-order valence-corrected chi connectivity index (χ3v) is 4.79. The zero-order valence-corrected chi connectivity index (χ0v) is 15.2. The average molecular weight is 362 g/mol. The van der Waals surface area contributed by atoms with Crippen LogP contribution in [0.4, 0.5) is 0 Å². The first-order valence-electron chi connectivity index (χ1n) is 8.43. The van der Waals surface area contributed by atoms with E-state index < -0.39 is 0 Å². The van der Waals surface area contributed by atoms with Crippen molar-refractivity contribution in [1.82, 2.24) is 10.2 Å². The van der Waals surface area contributed by atoms with E-state index in [1.165, 1.54) is 28.1 Å². The van der Waals surface area contributed by atoms with Gasteiger partial charge >= 0.3 is 0 Å². The van der Waals surface area contributed by atoms with Gasteiger partial charge in [-0.25, -0.2) is 0 Å². The van der Waals surface area contributed by atoms with E-state index in [-0.39, 0.29) is 0 Å². The Labute approximate surface area is 156 Å². The van der Waals surface area contributed by atoms with Gasteiger partial charge in [0, 0.05) is 11.3 Å². The number of hydrogen-bond acceptors (Lipinski definition) is 5. The van der Waals surface area contributed by atoms with Crippen LogP contribution in [0.3, 0.4) is 0 Å². The summed E-state index contributed by atoms with van der Waals surface area (Å²) in [6.07, 6.45) is 0. The van der Waals surface area contributed by atoms with Gasteiger partial charge in [0.05, 0.1) is 6.61 Å². The molecule has 0 saturated heterocycles. The molecule has 0 fully saturated rings. The SMILES string of the molecule is Cc1ccc(-c2nnc(SCCOc3ccc4ccccc4c3)o2)cc1. The first kappa shape index (κ1) is 16.7. The molecule has 0 aliphatic rings. The number of fused-ring (bicyclic) bond motifs is 1. The quantitative estimate of drug-likeness (QED) is 0.341. The summed E-state index contributed by atoms with van der Waals surface area (Å²) in [5, 5.41) is 11.1. The van der Waals surface area contributed by atoms with Crippen molar-refractivity contribution in [2.75, 3.05) is 12.4 Å². The molecule has 1 aromatic heterocycles. The highest BCUT2D eigenvalue weighted by Gasteiger charge is 2.09. The van der Waals surface area contributed by atoms with Crippen LogP contribution in [0.15, 0.2) is 76.4 Å². The molecule has 4 nitrogen and oxygen atoms in total. The first-order chi connectivity index (χ1) is 12.8. The maximum absolute atomic E-state index is 5.83. The normalized spacial score (nSPS) is 11.0. The second-order valence-electron chi connectivity index (χ2n) is 5.95. The Kier molecular flexibility index (Phi) is 4.88. The van der Waals surface area contributed by atoms with Crippen LogP contribution in [-0.4, -0.2) is 22.6 Å². The van der Waals surface area contributed by atoms with Crippen LogP contribution in [0.2, 0.25) is 0 Å². The van der Waals surface area contributed by atoms with Gasteiger partial charge in [0.15, 0.2) is 0 Å². The van der Waals surface area contributed by atoms with E-state index in [0.29, 0.717) is 17.7 Å². The fraction of sp³-hybridized carbons (Fsp3) is 0.143. The summed E-state index contributed by atoms with van der Waals surface area (Å²) >= 11 is 1.50. The van der Waals surface area contributed by atoms with Crippen LogP contribution >= 0.6 is 11.8 Å². The van der Waals surface area contributed by atoms with Crippen LogP contribution in [0, 0.1) is 6.92 Å². The van der Waals surface area contributed by atoms with Crippen molar-refractivity contribution in [1.29, 1.82) is 0 Å². The molecular weight excluding hydrogens is 344 g/mol. The highest BCUT2D eigenvalue weighted by Crippen LogP contribution is 2.24. The molecule has 0 aliphatic heterocycles. The summed E-state index contributed by atoms with van der Waals surface area (Å²) < 4.78 is 11.5. The first-order valence-corrected chi connectivity index (χ1v) is 9.41. The molecule has 0 amide bonds. The fourth-order valence-electron chi connectivity index (χ4n) is 2.63. The predicted octanol–water partition coefficient (Wildman–Crippen LogP) is 5.37. The van der Waals surface area contributed by atoms with Gasteiger partial charge in [0.1, 0.15) is 5.75 Å². The Balaban J connectivity index is 1.31. The Hall–Kier alpha value is -2.79. The van der Waals surface area contributed by atoms with Gasteiger partial charge in [-0.15, -0.1) is 10.2 Å². The van der Waals surface area contributed by atoms with Gasteiger partial charge in [0.2, 0.25) is 5.89 Å². The summed E-state index contributed by atoms with van der Waals surface area (Å²) in [5.74, 6) is 2.15. The van der Waals surface area contributed by atoms with Crippen LogP contribution in [-0.2, 0) is 0 Å². The van der Waals surface area contributed by atoms with Crippen LogP contribution in [0.25, 0.3) is 22.2 Å². The van der Waals surface area contributed by atoms with Crippen molar-refractivity contribution in [3.8, 4) is 17.2 Å². The summed E-state index contributed by atoms with van der Waals surface area (Å²) in [7, 11) is 0. The van der Waals surface area contributed by atoms with Gasteiger partial charge < -0.3 is 9.15 Å². The Morgan fingerprint density at radius 1 is 0.923 bits per heavy atom. The number of aryl methyl sites for hydroxylation is 1. The van der Waals surface area contributed by atoms with Crippen molar-refractivity contribution in [3.63, 3.8) is 0 Å². The lowest BCUT2D eigenvalue weighted by atomic mass is 10.1. The van der Waals surface area contributed by atoms with Crippen LogP contribution in [0.1, 0.15) is 5.56 Å². The molecule has 0 spiro atoms. The number of rotatable bonds is 6. The van der Waals surface area contributed by atoms with E-state index in [0.717, 1.165) is 17.1 Å². The Morgan fingerprint density at radius 2 is 1.73 bits per heavy atom. The van der Waals surface area contributed by atoms with Crippen LogP contribution in [0.5, 0.6) is 5.75 Å². The molecule has 1 heterocycles. The number of aromatic nitrogens is 2. The van der Waals surface area contributed by atoms with Crippen molar-refractivity contribution in [2.45, 2.75) is 12.1 Å².